The van der Waals surface area contributed by atoms with Gasteiger partial charge in [0.15, 0.2) is 0 Å². The van der Waals surface area contributed by atoms with Gasteiger partial charge in [0.05, 0.1) is 5.38 Å². The van der Waals surface area contributed by atoms with Crippen LogP contribution in [0.25, 0.3) is 0 Å². The Morgan fingerprint density at radius 2 is 2.27 bits per heavy atom. The highest BCUT2D eigenvalue weighted by atomic mass is 35.5. The summed E-state index contributed by atoms with van der Waals surface area (Å²) in [4.78, 5) is 24.9. The van der Waals surface area contributed by atoms with Crippen molar-refractivity contribution in [1.29, 1.82) is 0 Å². The summed E-state index contributed by atoms with van der Waals surface area (Å²) in [7, 11) is 0. The van der Waals surface area contributed by atoms with Gasteiger partial charge in [0.1, 0.15) is 12.3 Å². The maximum absolute atomic E-state index is 10.7. The molecular formula is C6H7ClN2O2. The van der Waals surface area contributed by atoms with Gasteiger partial charge in [-0.05, 0) is 6.92 Å². The first kappa shape index (κ1) is 8.20. The first-order valence-electron chi connectivity index (χ1n) is 3.15. The minimum absolute atomic E-state index is 0.174. The molecule has 60 valence electrons. The summed E-state index contributed by atoms with van der Waals surface area (Å²) in [6.45, 7) is 1.64. The van der Waals surface area contributed by atoms with Crippen LogP contribution in [-0.2, 0) is 9.59 Å². The maximum atomic E-state index is 10.7. The number of hydrogen-bond donors (Lipinski definition) is 1. The second-order valence-corrected chi connectivity index (χ2v) is 2.89. The van der Waals surface area contributed by atoms with E-state index < -0.39 is 11.3 Å². The molecule has 0 spiro atoms. The highest BCUT2D eigenvalue weighted by Crippen LogP contribution is 2.01. The normalized spacial score (nSPS) is 20.7. The van der Waals surface area contributed by atoms with E-state index in [1.165, 1.54) is 0 Å². The molecule has 0 aromatic carbocycles. The lowest BCUT2D eigenvalue weighted by Gasteiger charge is -2.13. The Morgan fingerprint density at radius 1 is 1.64 bits per heavy atom. The minimum Gasteiger partial charge on any atom is -0.312 e. The first-order chi connectivity index (χ1) is 5.09. The number of carbonyl (C=O) groups excluding carboxylic acids is 2. The number of alkyl halides is 1. The monoisotopic (exact) mass is 174 g/mol. The molecule has 1 atom stereocenters. The van der Waals surface area contributed by atoms with Gasteiger partial charge >= 0.3 is 0 Å². The molecule has 1 heterocycles. The molecule has 0 fully saturated rings. The zero-order valence-electron chi connectivity index (χ0n) is 5.93. The summed E-state index contributed by atoms with van der Waals surface area (Å²) in [6.07, 6.45) is -0.174. The van der Waals surface area contributed by atoms with E-state index in [0.717, 1.165) is 0 Å². The van der Waals surface area contributed by atoms with Gasteiger partial charge in [0.2, 0.25) is 5.91 Å². The molecular weight excluding hydrogens is 168 g/mol. The van der Waals surface area contributed by atoms with Gasteiger partial charge in [-0.25, -0.2) is 0 Å². The molecule has 1 rings (SSSR count). The standard InChI is InChI=1S/C6H7ClN2O2/c1-3(7)6-8-4(10)2-5(11)9-6/h3H,2H2,1H3,(H,8,9,10,11). The predicted molar refractivity (Wildman–Crippen MR) is 40.5 cm³/mol. The van der Waals surface area contributed by atoms with E-state index in [2.05, 4.69) is 10.3 Å². The fraction of sp³-hybridized carbons (Fsp3) is 0.500. The van der Waals surface area contributed by atoms with E-state index in [-0.39, 0.29) is 18.2 Å². The third-order valence-corrected chi connectivity index (χ3v) is 1.41. The van der Waals surface area contributed by atoms with Crippen molar-refractivity contribution < 1.29 is 9.59 Å². The average molecular weight is 175 g/mol. The molecule has 4 nitrogen and oxygen atoms in total. The van der Waals surface area contributed by atoms with E-state index in [1.807, 2.05) is 0 Å². The summed E-state index contributed by atoms with van der Waals surface area (Å²) in [6, 6.07) is 0. The second-order valence-electron chi connectivity index (χ2n) is 2.23. The summed E-state index contributed by atoms with van der Waals surface area (Å²) in [5.41, 5.74) is 0. The van der Waals surface area contributed by atoms with Gasteiger partial charge < -0.3 is 5.32 Å². The molecule has 0 aliphatic carbocycles. The van der Waals surface area contributed by atoms with Crippen LogP contribution in [-0.4, -0.2) is 23.0 Å². The van der Waals surface area contributed by atoms with Crippen molar-refractivity contribution in [3.8, 4) is 0 Å². The molecule has 11 heavy (non-hydrogen) atoms. The molecule has 1 aliphatic rings. The summed E-state index contributed by atoms with van der Waals surface area (Å²) < 4.78 is 0. The fourth-order valence-corrected chi connectivity index (χ4v) is 0.818. The number of hydrogen-bond acceptors (Lipinski definition) is 2. The Morgan fingerprint density at radius 3 is 2.73 bits per heavy atom. The second kappa shape index (κ2) is 3.00. The van der Waals surface area contributed by atoms with E-state index in [4.69, 9.17) is 11.6 Å². The molecule has 1 unspecified atom stereocenters. The zero-order chi connectivity index (χ0) is 8.43. The molecule has 0 saturated heterocycles. The van der Waals surface area contributed by atoms with E-state index in [9.17, 15) is 9.59 Å². The number of nitrogens with one attached hydrogen (secondary N) is 1. The SMILES string of the molecule is CC(Cl)C1=NC(=O)CC(=O)N1. The number of nitrogens with zero attached hydrogens (tertiary/aromatic N) is 1. The molecule has 1 aliphatic heterocycles. The van der Waals surface area contributed by atoms with Crippen LogP contribution in [0.5, 0.6) is 0 Å². The van der Waals surface area contributed by atoms with E-state index in [0.29, 0.717) is 0 Å². The third-order valence-electron chi connectivity index (χ3n) is 1.20. The summed E-state index contributed by atoms with van der Waals surface area (Å²) in [5, 5.41) is 1.98. The van der Waals surface area contributed by atoms with Crippen LogP contribution in [0.1, 0.15) is 13.3 Å². The van der Waals surface area contributed by atoms with E-state index >= 15 is 0 Å². The van der Waals surface area contributed by atoms with Crippen molar-refractivity contribution >= 4 is 29.3 Å². The van der Waals surface area contributed by atoms with Crippen LogP contribution in [0.3, 0.4) is 0 Å². The molecule has 0 bridgehead atoms. The Bertz CT molecular complexity index is 235. The van der Waals surface area contributed by atoms with Crippen molar-refractivity contribution in [2.45, 2.75) is 18.7 Å². The predicted octanol–water partition coefficient (Wildman–Crippen LogP) is 0.0587. The number of amidine groups is 1. The number of aliphatic imine (C=N–C) groups is 1. The lowest BCUT2D eigenvalue weighted by Crippen LogP contribution is -2.40. The minimum atomic E-state index is -0.434. The lowest BCUT2D eigenvalue weighted by atomic mass is 10.3. The van der Waals surface area contributed by atoms with Crippen molar-refractivity contribution in [3.05, 3.63) is 0 Å². The van der Waals surface area contributed by atoms with Gasteiger partial charge in [-0.1, -0.05) is 0 Å². The first-order valence-corrected chi connectivity index (χ1v) is 3.58. The van der Waals surface area contributed by atoms with Gasteiger partial charge in [-0.3, -0.25) is 9.59 Å². The molecule has 1 N–H and O–H groups in total. The summed E-state index contributed by atoms with van der Waals surface area (Å²) in [5.74, 6) is -0.531. The highest BCUT2D eigenvalue weighted by molar-refractivity contribution is 6.34. The van der Waals surface area contributed by atoms with Crippen LogP contribution >= 0.6 is 11.6 Å². The van der Waals surface area contributed by atoms with Crippen LogP contribution in [0, 0.1) is 0 Å². The van der Waals surface area contributed by atoms with Gasteiger partial charge in [0, 0.05) is 0 Å². The molecule has 0 aromatic rings. The number of rotatable bonds is 1. The van der Waals surface area contributed by atoms with Crippen molar-refractivity contribution in [2.24, 2.45) is 4.99 Å². The van der Waals surface area contributed by atoms with E-state index in [1.54, 1.807) is 6.92 Å². The molecule has 5 heteroatoms. The van der Waals surface area contributed by atoms with Crippen LogP contribution in [0.4, 0.5) is 0 Å². The number of amides is 2. The molecule has 2 amide bonds. The topological polar surface area (TPSA) is 58.5 Å². The average Bonchev–Trinajstić information content (AvgIpc) is 1.85. The molecule has 0 aromatic heterocycles. The molecule has 0 radical (unpaired) electrons. The quantitative estimate of drug-likeness (QED) is 0.452. The van der Waals surface area contributed by atoms with Crippen molar-refractivity contribution in [2.75, 3.05) is 0 Å². The highest BCUT2D eigenvalue weighted by Gasteiger charge is 2.20. The van der Waals surface area contributed by atoms with Crippen molar-refractivity contribution in [3.63, 3.8) is 0 Å². The Kier molecular flexibility index (Phi) is 2.24. The number of halogens is 1. The molecule has 0 saturated carbocycles. The van der Waals surface area contributed by atoms with Crippen LogP contribution in [0.2, 0.25) is 0 Å². The zero-order valence-corrected chi connectivity index (χ0v) is 6.68. The Labute approximate surface area is 68.6 Å². The van der Waals surface area contributed by atoms with Crippen LogP contribution < -0.4 is 5.32 Å². The fourth-order valence-electron chi connectivity index (χ4n) is 0.715. The number of carbonyl (C=O) groups is 2. The van der Waals surface area contributed by atoms with Crippen molar-refractivity contribution in [1.82, 2.24) is 5.32 Å². The summed E-state index contributed by atoms with van der Waals surface area (Å²) >= 11 is 5.59. The van der Waals surface area contributed by atoms with Gasteiger partial charge in [-0.15, -0.1) is 11.6 Å². The maximum Gasteiger partial charge on any atom is 0.256 e. The third kappa shape index (κ3) is 2.01. The Balaban J connectivity index is 2.80. The lowest BCUT2D eigenvalue weighted by molar-refractivity contribution is -0.127. The van der Waals surface area contributed by atoms with Gasteiger partial charge in [0.25, 0.3) is 5.91 Å². The largest absolute Gasteiger partial charge is 0.312 e. The van der Waals surface area contributed by atoms with Crippen LogP contribution in [0.15, 0.2) is 4.99 Å². The smallest absolute Gasteiger partial charge is 0.256 e. The Hall–Kier alpha value is -0.900. The van der Waals surface area contributed by atoms with Gasteiger partial charge in [-0.2, -0.15) is 4.99 Å².